The van der Waals surface area contributed by atoms with E-state index in [1.54, 1.807) is 0 Å². The van der Waals surface area contributed by atoms with Crippen molar-refractivity contribution in [1.29, 1.82) is 0 Å². The predicted octanol–water partition coefficient (Wildman–Crippen LogP) is 0.932. The van der Waals surface area contributed by atoms with E-state index in [2.05, 4.69) is 18.8 Å². The van der Waals surface area contributed by atoms with Gasteiger partial charge in [0.05, 0.1) is 0 Å². The van der Waals surface area contributed by atoms with Crippen LogP contribution in [0.15, 0.2) is 36.9 Å². The first-order valence-corrected chi connectivity index (χ1v) is 5.61. The third-order valence-electron chi connectivity index (χ3n) is 2.09. The zero-order valence-electron chi connectivity index (χ0n) is 8.79. The molecule has 1 aromatic carbocycles. The summed E-state index contributed by atoms with van der Waals surface area (Å²) in [5, 5.41) is 3.24. The van der Waals surface area contributed by atoms with Gasteiger partial charge in [0, 0.05) is 0 Å². The van der Waals surface area contributed by atoms with Crippen LogP contribution in [0.3, 0.4) is 0 Å². The van der Waals surface area contributed by atoms with E-state index in [1.165, 1.54) is 0 Å². The van der Waals surface area contributed by atoms with Gasteiger partial charge in [0.1, 0.15) is 16.7 Å². The molecule has 0 spiro atoms. The van der Waals surface area contributed by atoms with Gasteiger partial charge < -0.3 is 4.43 Å². The Morgan fingerprint density at radius 2 is 2.14 bits per heavy atom. The van der Waals surface area contributed by atoms with Crippen LogP contribution in [0.2, 0.25) is 0 Å². The maximum atomic E-state index is 5.44. The Bertz CT molecular complexity index is 287. The molecule has 14 heavy (non-hydrogen) atoms. The summed E-state index contributed by atoms with van der Waals surface area (Å²) in [7, 11) is 0.712. The van der Waals surface area contributed by atoms with E-state index in [1.807, 2.05) is 30.3 Å². The van der Waals surface area contributed by atoms with Crippen molar-refractivity contribution in [2.75, 3.05) is 6.54 Å². The number of rotatable bonds is 5. The molecule has 0 aliphatic rings. The second-order valence-corrected chi connectivity index (χ2v) is 3.54. The van der Waals surface area contributed by atoms with Gasteiger partial charge in [0.25, 0.3) is 0 Å². The van der Waals surface area contributed by atoms with E-state index < -0.39 is 0 Å². The van der Waals surface area contributed by atoms with E-state index >= 15 is 0 Å². The van der Waals surface area contributed by atoms with Gasteiger partial charge in [-0.1, -0.05) is 43.8 Å². The van der Waals surface area contributed by atoms with Crippen LogP contribution in [0.5, 0.6) is 0 Å². The number of likely N-dealkylation sites (N-methyl/N-ethyl adjacent to an activating group) is 1. The van der Waals surface area contributed by atoms with E-state index in [-0.39, 0.29) is 6.23 Å². The Hall–Kier alpha value is -0.903. The van der Waals surface area contributed by atoms with Gasteiger partial charge in [-0.05, 0) is 17.7 Å². The number of benzene rings is 1. The van der Waals surface area contributed by atoms with Crippen LogP contribution >= 0.6 is 0 Å². The largest absolute Gasteiger partial charge is 0.409 e. The van der Waals surface area contributed by atoms with Crippen LogP contribution in [-0.4, -0.2) is 23.3 Å². The minimum atomic E-state index is -0.0333. The molecule has 0 aliphatic heterocycles. The summed E-state index contributed by atoms with van der Waals surface area (Å²) in [6.45, 7) is 7.00. The molecule has 0 aromatic heterocycles. The molecule has 1 aromatic rings. The fourth-order valence-corrected chi connectivity index (χ4v) is 1.79. The van der Waals surface area contributed by atoms with Crippen molar-refractivity contribution < 1.29 is 4.43 Å². The quantitative estimate of drug-likeness (QED) is 0.573. The standard InChI is InChI=1S/C11H17NOSi/c1-3-12-11(13-14)9(2)10-7-5-4-6-8-10/h4-8,11-12H,2-3H2,1,14H3. The first kappa shape index (κ1) is 11.2. The van der Waals surface area contributed by atoms with Crippen LogP contribution in [0.25, 0.3) is 5.57 Å². The van der Waals surface area contributed by atoms with E-state index in [4.69, 9.17) is 4.43 Å². The fraction of sp³-hybridized carbons (Fsp3) is 0.273. The fourth-order valence-electron chi connectivity index (χ4n) is 1.34. The minimum Gasteiger partial charge on any atom is -0.409 e. The highest BCUT2D eigenvalue weighted by Crippen LogP contribution is 2.15. The van der Waals surface area contributed by atoms with Gasteiger partial charge in [-0.3, -0.25) is 5.32 Å². The smallest absolute Gasteiger partial charge is 0.148 e. The molecule has 0 bridgehead atoms. The number of hydrogen-bond acceptors (Lipinski definition) is 2. The molecule has 2 nitrogen and oxygen atoms in total. The average Bonchev–Trinajstić information content (AvgIpc) is 2.26. The summed E-state index contributed by atoms with van der Waals surface area (Å²) in [5.41, 5.74) is 2.14. The Morgan fingerprint density at radius 1 is 1.50 bits per heavy atom. The summed E-state index contributed by atoms with van der Waals surface area (Å²) in [4.78, 5) is 0. The molecular weight excluding hydrogens is 190 g/mol. The highest BCUT2D eigenvalue weighted by Gasteiger charge is 2.10. The first-order valence-electron chi connectivity index (χ1n) is 4.80. The minimum absolute atomic E-state index is 0.0333. The molecule has 3 heteroatoms. The highest BCUT2D eigenvalue weighted by molar-refractivity contribution is 5.98. The van der Waals surface area contributed by atoms with Crippen LogP contribution in [-0.2, 0) is 4.43 Å². The Kier molecular flexibility index (Phi) is 4.59. The van der Waals surface area contributed by atoms with E-state index in [9.17, 15) is 0 Å². The summed E-state index contributed by atoms with van der Waals surface area (Å²) >= 11 is 0. The Morgan fingerprint density at radius 3 is 2.64 bits per heavy atom. The highest BCUT2D eigenvalue weighted by atomic mass is 28.2. The van der Waals surface area contributed by atoms with Crippen LogP contribution in [0, 0.1) is 0 Å². The lowest BCUT2D eigenvalue weighted by molar-refractivity contribution is 0.244. The van der Waals surface area contributed by atoms with Crippen molar-refractivity contribution in [1.82, 2.24) is 5.32 Å². The molecule has 76 valence electrons. The zero-order chi connectivity index (χ0) is 10.4. The maximum Gasteiger partial charge on any atom is 0.148 e. The van der Waals surface area contributed by atoms with Crippen molar-refractivity contribution >= 4 is 16.1 Å². The molecule has 1 N–H and O–H groups in total. The van der Waals surface area contributed by atoms with Crippen LogP contribution < -0.4 is 5.32 Å². The molecule has 0 saturated heterocycles. The van der Waals surface area contributed by atoms with Crippen LogP contribution in [0.4, 0.5) is 0 Å². The van der Waals surface area contributed by atoms with Crippen molar-refractivity contribution in [3.8, 4) is 0 Å². The molecule has 0 heterocycles. The monoisotopic (exact) mass is 207 g/mol. The molecule has 0 radical (unpaired) electrons. The average molecular weight is 207 g/mol. The normalized spacial score (nSPS) is 12.6. The third kappa shape index (κ3) is 2.80. The summed E-state index contributed by atoms with van der Waals surface area (Å²) < 4.78 is 5.44. The Labute approximate surface area is 88.5 Å². The second-order valence-electron chi connectivity index (χ2n) is 3.06. The number of hydrogen-bond donors (Lipinski definition) is 1. The van der Waals surface area contributed by atoms with Gasteiger partial charge in [-0.25, -0.2) is 0 Å². The zero-order valence-corrected chi connectivity index (χ0v) is 10.8. The van der Waals surface area contributed by atoms with Gasteiger partial charge >= 0.3 is 0 Å². The summed E-state index contributed by atoms with van der Waals surface area (Å²) in [6, 6.07) is 10.1. The SMILES string of the molecule is C=C(c1ccccc1)C(NCC)O[SiH3]. The predicted molar refractivity (Wildman–Crippen MR) is 64.0 cm³/mol. The van der Waals surface area contributed by atoms with Crippen molar-refractivity contribution in [2.45, 2.75) is 13.2 Å². The molecule has 1 rings (SSSR count). The maximum absolute atomic E-state index is 5.44. The van der Waals surface area contributed by atoms with Crippen molar-refractivity contribution in [3.63, 3.8) is 0 Å². The topological polar surface area (TPSA) is 21.3 Å². The second kappa shape index (κ2) is 5.75. The molecule has 0 aliphatic carbocycles. The molecule has 0 fully saturated rings. The lowest BCUT2D eigenvalue weighted by Gasteiger charge is -2.19. The molecule has 1 atom stereocenters. The molecule has 1 unspecified atom stereocenters. The third-order valence-corrected chi connectivity index (χ3v) is 2.56. The first-order chi connectivity index (χ1) is 6.79. The summed E-state index contributed by atoms with van der Waals surface area (Å²) in [6.07, 6.45) is -0.0333. The summed E-state index contributed by atoms with van der Waals surface area (Å²) in [5.74, 6) is 0. The van der Waals surface area contributed by atoms with Crippen LogP contribution in [0.1, 0.15) is 12.5 Å². The van der Waals surface area contributed by atoms with Gasteiger partial charge in [-0.2, -0.15) is 0 Å². The van der Waals surface area contributed by atoms with Gasteiger partial charge in [0.2, 0.25) is 0 Å². The van der Waals surface area contributed by atoms with Crippen molar-refractivity contribution in [3.05, 3.63) is 42.5 Å². The Balaban J connectivity index is 2.73. The van der Waals surface area contributed by atoms with Crippen molar-refractivity contribution in [2.24, 2.45) is 0 Å². The van der Waals surface area contributed by atoms with Gasteiger partial charge in [0.15, 0.2) is 0 Å². The van der Waals surface area contributed by atoms with E-state index in [0.717, 1.165) is 17.7 Å². The lowest BCUT2D eigenvalue weighted by Crippen LogP contribution is -2.31. The van der Waals surface area contributed by atoms with E-state index in [0.29, 0.717) is 10.5 Å². The molecular formula is C11H17NOSi. The molecule has 0 amide bonds. The lowest BCUT2D eigenvalue weighted by atomic mass is 10.1. The molecule has 0 saturated carbocycles. The number of nitrogens with one attached hydrogen (secondary N) is 1. The van der Waals surface area contributed by atoms with Gasteiger partial charge in [-0.15, -0.1) is 0 Å².